The third-order valence-electron chi connectivity index (χ3n) is 3.83. The van der Waals surface area contributed by atoms with Crippen molar-refractivity contribution in [2.75, 3.05) is 12.8 Å². The molecule has 4 aromatic rings. The van der Waals surface area contributed by atoms with E-state index >= 15 is 0 Å². The van der Waals surface area contributed by atoms with Gasteiger partial charge in [0, 0.05) is 19.3 Å². The average molecular weight is 356 g/mol. The summed E-state index contributed by atoms with van der Waals surface area (Å²) in [5.41, 5.74) is 8.22. The third-order valence-corrected chi connectivity index (χ3v) is 4.03. The summed E-state index contributed by atoms with van der Waals surface area (Å²) in [4.78, 5) is 8.36. The van der Waals surface area contributed by atoms with Crippen molar-refractivity contribution < 1.29 is 4.74 Å². The molecular formula is C16H14ClN7O. The molecule has 3 aromatic heterocycles. The Morgan fingerprint density at radius 2 is 2.04 bits per heavy atom. The Hall–Kier alpha value is -3.13. The number of methoxy groups -OCH3 is 1. The van der Waals surface area contributed by atoms with E-state index in [2.05, 4.69) is 20.2 Å². The number of hydrogen-bond acceptors (Lipinski definition) is 6. The van der Waals surface area contributed by atoms with E-state index in [-0.39, 0.29) is 0 Å². The predicted octanol–water partition coefficient (Wildman–Crippen LogP) is 2.46. The molecule has 25 heavy (non-hydrogen) atoms. The Morgan fingerprint density at radius 1 is 1.20 bits per heavy atom. The van der Waals surface area contributed by atoms with E-state index in [1.54, 1.807) is 35.1 Å². The van der Waals surface area contributed by atoms with E-state index < -0.39 is 0 Å². The number of benzene rings is 1. The average Bonchev–Trinajstić information content (AvgIpc) is 3.17. The summed E-state index contributed by atoms with van der Waals surface area (Å²) < 4.78 is 8.96. The number of aryl methyl sites for hydroxylation is 1. The lowest BCUT2D eigenvalue weighted by atomic mass is 10.1. The quantitative estimate of drug-likeness (QED) is 0.567. The summed E-state index contributed by atoms with van der Waals surface area (Å²) in [6.07, 6.45) is 3.24. The normalized spacial score (nSPS) is 11.2. The molecule has 0 fully saturated rings. The Balaban J connectivity index is 1.99. The van der Waals surface area contributed by atoms with Crippen LogP contribution in [0.25, 0.3) is 28.0 Å². The van der Waals surface area contributed by atoms with Crippen LogP contribution < -0.4 is 10.5 Å². The molecule has 4 rings (SSSR count). The fourth-order valence-electron chi connectivity index (χ4n) is 2.74. The number of halogens is 1. The van der Waals surface area contributed by atoms with Gasteiger partial charge in [0.05, 0.1) is 23.6 Å². The van der Waals surface area contributed by atoms with Crippen LogP contribution in [0.2, 0.25) is 5.15 Å². The van der Waals surface area contributed by atoms with E-state index in [1.807, 2.05) is 25.2 Å². The highest BCUT2D eigenvalue weighted by molar-refractivity contribution is 6.30. The minimum atomic E-state index is 0.357. The molecule has 0 bridgehead atoms. The summed E-state index contributed by atoms with van der Waals surface area (Å²) >= 11 is 6.04. The van der Waals surface area contributed by atoms with E-state index in [1.165, 1.54) is 0 Å². The van der Waals surface area contributed by atoms with Crippen molar-refractivity contribution in [3.05, 3.63) is 41.9 Å². The molecule has 0 aliphatic rings. The lowest BCUT2D eigenvalue weighted by Crippen LogP contribution is -2.02. The highest BCUT2D eigenvalue weighted by atomic mass is 35.5. The maximum absolute atomic E-state index is 6.04. The van der Waals surface area contributed by atoms with Crippen molar-refractivity contribution in [2.24, 2.45) is 7.05 Å². The zero-order valence-corrected chi connectivity index (χ0v) is 14.3. The van der Waals surface area contributed by atoms with Crippen molar-refractivity contribution >= 4 is 28.3 Å². The molecule has 3 heterocycles. The number of hydrogen-bond donors (Lipinski definition) is 1. The van der Waals surface area contributed by atoms with Crippen LogP contribution in [0.5, 0.6) is 5.75 Å². The van der Waals surface area contributed by atoms with E-state index in [4.69, 9.17) is 22.1 Å². The van der Waals surface area contributed by atoms with Crippen LogP contribution in [0.1, 0.15) is 0 Å². The van der Waals surface area contributed by atoms with Crippen molar-refractivity contribution in [3.63, 3.8) is 0 Å². The Bertz CT molecular complexity index is 1090. The minimum absolute atomic E-state index is 0.357. The number of pyridine rings is 1. The van der Waals surface area contributed by atoms with Gasteiger partial charge in [0.2, 0.25) is 0 Å². The van der Waals surface area contributed by atoms with Crippen LogP contribution >= 0.6 is 11.6 Å². The van der Waals surface area contributed by atoms with Crippen LogP contribution in [-0.4, -0.2) is 36.6 Å². The van der Waals surface area contributed by atoms with Gasteiger partial charge in [-0.3, -0.25) is 4.68 Å². The lowest BCUT2D eigenvalue weighted by molar-refractivity contribution is 0.413. The standard InChI is InChI=1S/C16H14ClN7O/c1-23-8-20-16(22-23)9-4-3-5-11(14(9)25-2)24-12-6-13(17)19-7-10(12)15(18)21-24/h3-8H,1-2H3,(H2,18,21). The first-order chi connectivity index (χ1) is 12.1. The summed E-state index contributed by atoms with van der Waals surface area (Å²) in [5.74, 6) is 1.51. The predicted molar refractivity (Wildman–Crippen MR) is 94.8 cm³/mol. The fourth-order valence-corrected chi connectivity index (χ4v) is 2.89. The molecule has 9 heteroatoms. The zero-order chi connectivity index (χ0) is 17.6. The molecule has 0 saturated heterocycles. The number of aromatic nitrogens is 6. The van der Waals surface area contributed by atoms with Crippen molar-refractivity contribution in [1.29, 1.82) is 0 Å². The number of anilines is 1. The van der Waals surface area contributed by atoms with Crippen molar-refractivity contribution in [3.8, 4) is 22.8 Å². The van der Waals surface area contributed by atoms with E-state index in [9.17, 15) is 0 Å². The number of nitrogen functional groups attached to an aromatic ring is 1. The maximum atomic E-state index is 6.04. The number of rotatable bonds is 3. The Kier molecular flexibility index (Phi) is 3.54. The van der Waals surface area contributed by atoms with Crippen LogP contribution in [-0.2, 0) is 7.05 Å². The molecule has 0 spiro atoms. The Labute approximate surface area is 147 Å². The molecule has 0 amide bonds. The number of nitrogens with zero attached hydrogens (tertiary/aromatic N) is 6. The second-order valence-corrected chi connectivity index (χ2v) is 5.81. The van der Waals surface area contributed by atoms with E-state index in [0.717, 1.165) is 11.1 Å². The van der Waals surface area contributed by atoms with Crippen molar-refractivity contribution in [1.82, 2.24) is 29.5 Å². The van der Waals surface area contributed by atoms with Gasteiger partial charge in [0.1, 0.15) is 17.2 Å². The molecule has 2 N–H and O–H groups in total. The lowest BCUT2D eigenvalue weighted by Gasteiger charge is -2.12. The highest BCUT2D eigenvalue weighted by Gasteiger charge is 2.19. The first-order valence-corrected chi connectivity index (χ1v) is 7.79. The number of fused-ring (bicyclic) bond motifs is 1. The maximum Gasteiger partial charge on any atom is 0.184 e. The molecule has 126 valence electrons. The fraction of sp³-hybridized carbons (Fsp3) is 0.125. The zero-order valence-electron chi connectivity index (χ0n) is 13.5. The van der Waals surface area contributed by atoms with Crippen LogP contribution in [0.3, 0.4) is 0 Å². The molecule has 0 saturated carbocycles. The number of ether oxygens (including phenoxy) is 1. The Morgan fingerprint density at radius 3 is 2.76 bits per heavy atom. The first kappa shape index (κ1) is 15.4. The number of nitrogens with two attached hydrogens (primary N) is 1. The van der Waals surface area contributed by atoms with Gasteiger partial charge in [-0.15, -0.1) is 5.10 Å². The number of para-hydroxylation sites is 1. The molecule has 0 aliphatic heterocycles. The first-order valence-electron chi connectivity index (χ1n) is 7.41. The molecule has 8 nitrogen and oxygen atoms in total. The third kappa shape index (κ3) is 2.47. The minimum Gasteiger partial charge on any atom is -0.494 e. The van der Waals surface area contributed by atoms with Gasteiger partial charge in [-0.05, 0) is 12.1 Å². The summed E-state index contributed by atoms with van der Waals surface area (Å²) in [6.45, 7) is 0. The molecular weight excluding hydrogens is 342 g/mol. The van der Waals surface area contributed by atoms with Crippen LogP contribution in [0.15, 0.2) is 36.8 Å². The van der Waals surface area contributed by atoms with Gasteiger partial charge in [0.15, 0.2) is 17.4 Å². The van der Waals surface area contributed by atoms with Gasteiger partial charge >= 0.3 is 0 Å². The van der Waals surface area contributed by atoms with Gasteiger partial charge < -0.3 is 10.5 Å². The smallest absolute Gasteiger partial charge is 0.184 e. The topological polar surface area (TPSA) is 96.7 Å². The van der Waals surface area contributed by atoms with Crippen molar-refractivity contribution in [2.45, 2.75) is 0 Å². The summed E-state index contributed by atoms with van der Waals surface area (Å²) in [5, 5.41) is 9.84. The largest absolute Gasteiger partial charge is 0.494 e. The molecule has 0 atom stereocenters. The second-order valence-electron chi connectivity index (χ2n) is 5.42. The van der Waals surface area contributed by atoms with Crippen LogP contribution in [0.4, 0.5) is 5.82 Å². The summed E-state index contributed by atoms with van der Waals surface area (Å²) in [6, 6.07) is 7.37. The highest BCUT2D eigenvalue weighted by Crippen LogP contribution is 2.35. The van der Waals surface area contributed by atoms with Gasteiger partial charge in [-0.1, -0.05) is 17.7 Å². The molecule has 0 radical (unpaired) electrons. The van der Waals surface area contributed by atoms with Gasteiger partial charge in [0.25, 0.3) is 0 Å². The van der Waals surface area contributed by atoms with Gasteiger partial charge in [-0.2, -0.15) is 5.10 Å². The molecule has 1 aromatic carbocycles. The van der Waals surface area contributed by atoms with Gasteiger partial charge in [-0.25, -0.2) is 14.6 Å². The van der Waals surface area contributed by atoms with Crippen LogP contribution in [0, 0.1) is 0 Å². The molecule has 0 unspecified atom stereocenters. The SMILES string of the molecule is COc1c(-c2ncn(C)n2)cccc1-n1nc(N)c2cnc(Cl)cc21. The summed E-state index contributed by atoms with van der Waals surface area (Å²) in [7, 11) is 3.40. The van der Waals surface area contributed by atoms with E-state index in [0.29, 0.717) is 33.6 Å². The molecule has 0 aliphatic carbocycles. The second kappa shape index (κ2) is 5.75. The monoisotopic (exact) mass is 355 g/mol.